The number of ether oxygens (including phenoxy) is 2. The predicted molar refractivity (Wildman–Crippen MR) is 129 cm³/mol. The molecule has 178 valence electrons. The zero-order valence-corrected chi connectivity index (χ0v) is 19.3. The number of nitrogens with two attached hydrogens (primary N) is 1. The summed E-state index contributed by atoms with van der Waals surface area (Å²) in [6.07, 6.45) is 6.70. The molecule has 1 aliphatic rings. The summed E-state index contributed by atoms with van der Waals surface area (Å²) in [5.74, 6) is 1.10. The lowest BCUT2D eigenvalue weighted by Gasteiger charge is -2.30. The van der Waals surface area contributed by atoms with Crippen LogP contribution in [0, 0.1) is 0 Å². The van der Waals surface area contributed by atoms with Crippen LogP contribution in [-0.4, -0.2) is 44.9 Å². The van der Waals surface area contributed by atoms with Crippen LogP contribution in [0.4, 0.5) is 11.5 Å². The molecule has 1 fully saturated rings. The van der Waals surface area contributed by atoms with Crippen molar-refractivity contribution in [2.45, 2.75) is 51.7 Å². The van der Waals surface area contributed by atoms with E-state index < -0.39 is 5.69 Å². The number of benzene rings is 1. The van der Waals surface area contributed by atoms with E-state index in [1.54, 1.807) is 24.5 Å². The smallest absolute Gasteiger partial charge is 0.329 e. The number of rotatable bonds is 6. The molecule has 0 aliphatic heterocycles. The first-order chi connectivity index (χ1) is 15.9. The summed E-state index contributed by atoms with van der Waals surface area (Å²) in [5, 5.41) is 3.25. The van der Waals surface area contributed by atoms with E-state index in [9.17, 15) is 9.59 Å². The molecule has 0 bridgehead atoms. The summed E-state index contributed by atoms with van der Waals surface area (Å²) in [7, 11) is 1.44. The van der Waals surface area contributed by atoms with Crippen LogP contribution in [-0.2, 0) is 11.8 Å². The average Bonchev–Trinajstić information content (AvgIpc) is 2.79. The van der Waals surface area contributed by atoms with Crippen LogP contribution in [0.2, 0.25) is 0 Å². The van der Waals surface area contributed by atoms with Crippen molar-refractivity contribution in [1.29, 1.82) is 0 Å². The van der Waals surface area contributed by atoms with Gasteiger partial charge in [0.25, 0.3) is 5.56 Å². The van der Waals surface area contributed by atoms with Crippen molar-refractivity contribution >= 4 is 22.5 Å². The van der Waals surface area contributed by atoms with E-state index >= 15 is 0 Å². The minimum absolute atomic E-state index is 0.0488. The van der Waals surface area contributed by atoms with Crippen molar-refractivity contribution in [3.63, 3.8) is 0 Å². The lowest BCUT2D eigenvalue weighted by atomic mass is 9.93. The Morgan fingerprint density at radius 2 is 1.79 bits per heavy atom. The van der Waals surface area contributed by atoms with Crippen LogP contribution in [0.3, 0.4) is 0 Å². The van der Waals surface area contributed by atoms with Crippen LogP contribution in [0.1, 0.15) is 39.5 Å². The molecular weight excluding hydrogens is 424 g/mol. The van der Waals surface area contributed by atoms with Gasteiger partial charge in [0.2, 0.25) is 0 Å². The van der Waals surface area contributed by atoms with Gasteiger partial charge < -0.3 is 20.5 Å². The molecule has 0 saturated heterocycles. The minimum Gasteiger partial charge on any atom is -0.488 e. The fraction of sp³-hybridized carbons (Fsp3) is 0.478. The molecule has 1 aliphatic carbocycles. The van der Waals surface area contributed by atoms with Gasteiger partial charge in [0.05, 0.1) is 11.6 Å². The van der Waals surface area contributed by atoms with Crippen LogP contribution in [0.15, 0.2) is 40.2 Å². The van der Waals surface area contributed by atoms with Gasteiger partial charge in [-0.3, -0.25) is 19.3 Å². The maximum absolute atomic E-state index is 11.8. The molecule has 0 amide bonds. The molecule has 33 heavy (non-hydrogen) atoms. The van der Waals surface area contributed by atoms with Crippen molar-refractivity contribution in [2.75, 3.05) is 24.3 Å². The molecule has 4 N–H and O–H groups in total. The summed E-state index contributed by atoms with van der Waals surface area (Å²) < 4.78 is 12.1. The molecule has 10 heteroatoms. The number of nitrogens with one attached hydrogen (secondary N) is 2. The first kappa shape index (κ1) is 24.2. The molecule has 2 heterocycles. The van der Waals surface area contributed by atoms with Gasteiger partial charge in [-0.05, 0) is 45.6 Å². The standard InChI is InChI=1S/C19H22N6O3.C4H10O/c1-25-17(26)10-16(24-19(25)27)23-12-2-4-13(5-3-12)28-15-9-11(20)8-14-18(15)22-7-6-21-14;1-3-5-4-2/h6-10,12-13,23H,2-5,20H2,1H3,(H,24,27);3-4H2,1-2H3. The Balaban J connectivity index is 0.000000555. The van der Waals surface area contributed by atoms with E-state index in [1.807, 2.05) is 13.8 Å². The van der Waals surface area contributed by atoms with E-state index in [4.69, 9.17) is 15.2 Å². The largest absolute Gasteiger partial charge is 0.488 e. The van der Waals surface area contributed by atoms with Gasteiger partial charge in [0.15, 0.2) is 0 Å². The lowest BCUT2D eigenvalue weighted by Crippen LogP contribution is -2.35. The average molecular weight is 457 g/mol. The maximum atomic E-state index is 11.8. The Kier molecular flexibility index (Phi) is 8.42. The number of nitrogens with zero attached hydrogens (tertiary/aromatic N) is 3. The Hall–Kier alpha value is -3.40. The molecule has 2 aromatic heterocycles. The van der Waals surface area contributed by atoms with Gasteiger partial charge in [-0.1, -0.05) is 0 Å². The minimum atomic E-state index is -0.429. The molecule has 0 spiro atoms. The second kappa shape index (κ2) is 11.5. The maximum Gasteiger partial charge on any atom is 0.329 e. The quantitative estimate of drug-likeness (QED) is 0.481. The molecule has 10 nitrogen and oxygen atoms in total. The lowest BCUT2D eigenvalue weighted by molar-refractivity contribution is 0.152. The third-order valence-corrected chi connectivity index (χ3v) is 5.44. The molecule has 0 radical (unpaired) electrons. The Bertz CT molecular complexity index is 1130. The molecule has 0 unspecified atom stereocenters. The Labute approximate surface area is 192 Å². The second-order valence-corrected chi connectivity index (χ2v) is 7.85. The van der Waals surface area contributed by atoms with Crippen molar-refractivity contribution in [3.05, 3.63) is 51.4 Å². The van der Waals surface area contributed by atoms with E-state index in [0.717, 1.165) is 43.5 Å². The number of H-pyrrole nitrogens is 1. The molecule has 1 aromatic carbocycles. The third-order valence-electron chi connectivity index (χ3n) is 5.44. The summed E-state index contributed by atoms with van der Waals surface area (Å²) in [5.41, 5.74) is 7.20. The summed E-state index contributed by atoms with van der Waals surface area (Å²) in [6, 6.07) is 5.13. The van der Waals surface area contributed by atoms with Crippen LogP contribution in [0.5, 0.6) is 5.75 Å². The highest BCUT2D eigenvalue weighted by molar-refractivity contribution is 5.84. The molecule has 0 atom stereocenters. The zero-order valence-electron chi connectivity index (χ0n) is 19.3. The van der Waals surface area contributed by atoms with Gasteiger partial charge in [0, 0.05) is 56.5 Å². The Morgan fingerprint density at radius 3 is 2.42 bits per heavy atom. The van der Waals surface area contributed by atoms with E-state index in [0.29, 0.717) is 28.3 Å². The van der Waals surface area contributed by atoms with Crippen LogP contribution in [0.25, 0.3) is 11.0 Å². The van der Waals surface area contributed by atoms with Gasteiger partial charge in [0.1, 0.15) is 17.1 Å². The van der Waals surface area contributed by atoms with Crippen LogP contribution >= 0.6 is 0 Å². The fourth-order valence-electron chi connectivity index (χ4n) is 3.72. The van der Waals surface area contributed by atoms with Crippen molar-refractivity contribution in [1.82, 2.24) is 19.5 Å². The Morgan fingerprint density at radius 1 is 1.09 bits per heavy atom. The van der Waals surface area contributed by atoms with Gasteiger partial charge >= 0.3 is 5.69 Å². The highest BCUT2D eigenvalue weighted by Crippen LogP contribution is 2.30. The van der Waals surface area contributed by atoms with Crippen molar-refractivity contribution in [2.24, 2.45) is 7.05 Å². The molecule has 3 aromatic rings. The summed E-state index contributed by atoms with van der Waals surface area (Å²) in [4.78, 5) is 34.8. The van der Waals surface area contributed by atoms with E-state index in [-0.39, 0.29) is 17.7 Å². The normalized spacial score (nSPS) is 17.8. The zero-order chi connectivity index (χ0) is 23.8. The number of aromatic amines is 1. The first-order valence-electron chi connectivity index (χ1n) is 11.2. The monoisotopic (exact) mass is 456 g/mol. The highest BCUT2D eigenvalue weighted by Gasteiger charge is 2.23. The summed E-state index contributed by atoms with van der Waals surface area (Å²) >= 11 is 0. The number of nitrogen functional groups attached to an aromatic ring is 1. The third kappa shape index (κ3) is 6.55. The topological polar surface area (TPSA) is 137 Å². The molecule has 1 saturated carbocycles. The van der Waals surface area contributed by atoms with E-state index in [2.05, 4.69) is 20.3 Å². The number of aromatic nitrogens is 4. The molecule has 4 rings (SSSR count). The first-order valence-corrected chi connectivity index (χ1v) is 11.2. The van der Waals surface area contributed by atoms with Gasteiger partial charge in [-0.15, -0.1) is 0 Å². The van der Waals surface area contributed by atoms with Crippen molar-refractivity contribution < 1.29 is 9.47 Å². The number of hydrogen-bond donors (Lipinski definition) is 3. The van der Waals surface area contributed by atoms with Gasteiger partial charge in [-0.25, -0.2) is 9.78 Å². The van der Waals surface area contributed by atoms with Gasteiger partial charge in [-0.2, -0.15) is 0 Å². The second-order valence-electron chi connectivity index (χ2n) is 7.85. The summed E-state index contributed by atoms with van der Waals surface area (Å²) in [6.45, 7) is 5.67. The van der Waals surface area contributed by atoms with E-state index in [1.165, 1.54) is 13.1 Å². The predicted octanol–water partition coefficient (Wildman–Crippen LogP) is 2.44. The number of hydrogen-bond acceptors (Lipinski definition) is 8. The number of anilines is 2. The van der Waals surface area contributed by atoms with Crippen LogP contribution < -0.4 is 27.0 Å². The van der Waals surface area contributed by atoms with Crippen molar-refractivity contribution in [3.8, 4) is 5.75 Å². The molecular formula is C23H32N6O4. The SMILES string of the molecule is CCOCC.Cn1c(=O)cc(NC2CCC(Oc3cc(N)cc4nccnc34)CC2)[nH]c1=O. The number of fused-ring (bicyclic) bond motifs is 1. The fourth-order valence-corrected chi connectivity index (χ4v) is 3.72. The highest BCUT2D eigenvalue weighted by atomic mass is 16.5.